The Kier molecular flexibility index (Phi) is 6.34. The lowest BCUT2D eigenvalue weighted by atomic mass is 9.90. The van der Waals surface area contributed by atoms with Crippen LogP contribution in [0.5, 0.6) is 0 Å². The second-order valence-electron chi connectivity index (χ2n) is 9.72. The summed E-state index contributed by atoms with van der Waals surface area (Å²) in [4.78, 5) is 27.9. The fraction of sp³-hybridized carbons (Fsp3) is 0.259. The summed E-state index contributed by atoms with van der Waals surface area (Å²) in [6.07, 6.45) is -4.40. The highest BCUT2D eigenvalue weighted by Crippen LogP contribution is 2.49. The number of carbonyl (C=O) groups excluding carboxylic acids is 2. The Morgan fingerprint density at radius 2 is 1.82 bits per heavy atom. The molecule has 7 nitrogen and oxygen atoms in total. The molecule has 0 radical (unpaired) electrons. The fourth-order valence-corrected chi connectivity index (χ4v) is 5.44. The molecule has 0 spiro atoms. The third-order valence-electron chi connectivity index (χ3n) is 7.10. The number of alkyl halides is 3. The number of hydrogen-bond acceptors (Lipinski definition) is 4. The van der Waals surface area contributed by atoms with Gasteiger partial charge in [0, 0.05) is 39.5 Å². The maximum absolute atomic E-state index is 14.3. The topological polar surface area (TPSA) is 82.7 Å². The van der Waals surface area contributed by atoms with E-state index in [1.165, 1.54) is 11.0 Å². The van der Waals surface area contributed by atoms with Gasteiger partial charge in [0.15, 0.2) is 0 Å². The molecule has 3 aliphatic heterocycles. The number of nitrogens with one attached hydrogen (secondary N) is 3. The number of rotatable bonds is 5. The van der Waals surface area contributed by atoms with E-state index in [-0.39, 0.29) is 22.3 Å². The van der Waals surface area contributed by atoms with Crippen molar-refractivity contribution in [3.63, 3.8) is 0 Å². The van der Waals surface area contributed by atoms with Gasteiger partial charge >= 0.3 is 12.2 Å². The van der Waals surface area contributed by atoms with Gasteiger partial charge in [0.2, 0.25) is 0 Å². The average molecular weight is 579 g/mol. The molecule has 1 unspecified atom stereocenters. The lowest BCUT2D eigenvalue weighted by molar-refractivity contribution is -0.137. The summed E-state index contributed by atoms with van der Waals surface area (Å²) in [6, 6.07) is 5.31. The Bertz CT molecular complexity index is 1560. The predicted molar refractivity (Wildman–Crippen MR) is 137 cm³/mol. The second-order valence-corrected chi connectivity index (χ2v) is 10.1. The first kappa shape index (κ1) is 26.3. The average Bonchev–Trinajstić information content (AvgIpc) is 3.31. The smallest absolute Gasteiger partial charge is 0.377 e. The number of ether oxygens (including phenoxy) is 1. The van der Waals surface area contributed by atoms with Crippen molar-refractivity contribution in [3.05, 3.63) is 86.9 Å². The van der Waals surface area contributed by atoms with Crippen LogP contribution < -0.4 is 20.9 Å². The lowest BCUT2D eigenvalue weighted by Gasteiger charge is -2.36. The summed E-state index contributed by atoms with van der Waals surface area (Å²) in [5.74, 6) is -2.85. The molecule has 208 valence electrons. The van der Waals surface area contributed by atoms with E-state index in [1.807, 2.05) is 0 Å². The zero-order valence-corrected chi connectivity index (χ0v) is 21.2. The zero-order valence-electron chi connectivity index (χ0n) is 20.5. The Morgan fingerprint density at radius 1 is 1.05 bits per heavy atom. The van der Waals surface area contributed by atoms with Crippen molar-refractivity contribution in [1.82, 2.24) is 5.32 Å². The summed E-state index contributed by atoms with van der Waals surface area (Å²) in [7, 11) is 0. The molecule has 3 aromatic carbocycles. The van der Waals surface area contributed by atoms with Gasteiger partial charge in [0.05, 0.1) is 42.2 Å². The molecule has 0 saturated carbocycles. The van der Waals surface area contributed by atoms with Crippen LogP contribution in [0.15, 0.2) is 42.5 Å². The Morgan fingerprint density at radius 3 is 2.52 bits per heavy atom. The number of hydrogen-bond donors (Lipinski definition) is 3. The van der Waals surface area contributed by atoms with Gasteiger partial charge in [-0.3, -0.25) is 9.69 Å². The highest BCUT2D eigenvalue weighted by Gasteiger charge is 2.41. The molecule has 0 aromatic heterocycles. The van der Waals surface area contributed by atoms with E-state index >= 15 is 0 Å². The quantitative estimate of drug-likeness (QED) is 0.331. The largest absolute Gasteiger partial charge is 0.416 e. The third kappa shape index (κ3) is 4.60. The molecule has 3 aliphatic rings. The highest BCUT2D eigenvalue weighted by atomic mass is 35.5. The van der Waals surface area contributed by atoms with Crippen LogP contribution in [0.25, 0.3) is 0 Å². The van der Waals surface area contributed by atoms with Crippen LogP contribution in [-0.4, -0.2) is 37.7 Å². The molecule has 6 rings (SSSR count). The van der Waals surface area contributed by atoms with Gasteiger partial charge in [-0.15, -0.1) is 0 Å². The summed E-state index contributed by atoms with van der Waals surface area (Å²) >= 11 is 6.40. The van der Waals surface area contributed by atoms with Crippen LogP contribution in [0.2, 0.25) is 5.02 Å². The number of benzene rings is 3. The fourth-order valence-electron chi connectivity index (χ4n) is 5.21. The van der Waals surface area contributed by atoms with Crippen molar-refractivity contribution in [2.75, 3.05) is 35.3 Å². The van der Waals surface area contributed by atoms with Gasteiger partial charge in [-0.05, 0) is 48.9 Å². The van der Waals surface area contributed by atoms with Crippen LogP contribution in [0.3, 0.4) is 0 Å². The van der Waals surface area contributed by atoms with Crippen LogP contribution in [-0.2, 0) is 17.3 Å². The van der Waals surface area contributed by atoms with Crippen molar-refractivity contribution in [3.8, 4) is 0 Å². The van der Waals surface area contributed by atoms with Crippen molar-refractivity contribution in [2.45, 2.75) is 24.7 Å². The molecule has 40 heavy (non-hydrogen) atoms. The molecular formula is C27H20ClF5N4O3. The van der Waals surface area contributed by atoms with Gasteiger partial charge in [-0.2, -0.15) is 13.2 Å². The molecule has 0 aliphatic carbocycles. The molecule has 1 saturated heterocycles. The van der Waals surface area contributed by atoms with Crippen molar-refractivity contribution >= 4 is 40.6 Å². The van der Waals surface area contributed by atoms with E-state index in [1.54, 1.807) is 6.07 Å². The number of carbonyl (C=O) groups is 2. The summed E-state index contributed by atoms with van der Waals surface area (Å²) in [5.41, 5.74) is 0.693. The minimum atomic E-state index is -4.87. The Labute approximate surface area is 229 Å². The maximum atomic E-state index is 14.3. The molecular weight excluding hydrogens is 559 g/mol. The van der Waals surface area contributed by atoms with E-state index in [4.69, 9.17) is 16.3 Å². The van der Waals surface area contributed by atoms with E-state index in [2.05, 4.69) is 16.0 Å². The van der Waals surface area contributed by atoms with E-state index in [9.17, 15) is 31.5 Å². The normalized spacial score (nSPS) is 18.2. The SMILES string of the molecule is O=C(Nc1cc(NC2COC2)c2c3c1C(c1cc(F)ccc1Cl)NC(=O)N3CC2)c1cc(F)cc(C(F)(F)F)c1. The lowest BCUT2D eigenvalue weighted by Crippen LogP contribution is -2.46. The number of amides is 3. The summed E-state index contributed by atoms with van der Waals surface area (Å²) in [5, 5.41) is 8.89. The Hall–Kier alpha value is -3.90. The summed E-state index contributed by atoms with van der Waals surface area (Å²) in [6.45, 7) is 1.20. The molecule has 13 heteroatoms. The highest BCUT2D eigenvalue weighted by molar-refractivity contribution is 6.31. The van der Waals surface area contributed by atoms with Crippen LogP contribution in [0.1, 0.15) is 38.7 Å². The molecule has 3 amide bonds. The van der Waals surface area contributed by atoms with Crippen molar-refractivity contribution in [1.29, 1.82) is 0 Å². The van der Waals surface area contributed by atoms with Gasteiger partial charge in [0.1, 0.15) is 11.6 Å². The molecule has 3 aromatic rings. The van der Waals surface area contributed by atoms with Crippen LogP contribution >= 0.6 is 11.6 Å². The molecule has 1 fully saturated rings. The number of nitrogens with zero attached hydrogens (tertiary/aromatic N) is 1. The van der Waals surface area contributed by atoms with E-state index in [0.717, 1.165) is 17.7 Å². The van der Waals surface area contributed by atoms with Crippen LogP contribution in [0.4, 0.5) is 43.8 Å². The standard InChI is InChI=1S/C27H20ClF5N4O3/c28-19-2-1-14(29)8-18(19)23-22-21(35-25(38)12-5-13(27(31,32)33)7-15(30)6-12)9-20(34-16-10-40-11-16)17-3-4-37(24(17)22)26(39)36-23/h1-2,5-9,16,23,34H,3-4,10-11H2,(H,35,38)(H,36,39). The predicted octanol–water partition coefficient (Wildman–Crippen LogP) is 5.88. The number of urea groups is 1. The van der Waals surface area contributed by atoms with Crippen LogP contribution in [0, 0.1) is 11.6 Å². The molecule has 3 heterocycles. The van der Waals surface area contributed by atoms with E-state index < -0.39 is 46.9 Å². The van der Waals surface area contributed by atoms with Gasteiger partial charge in [-0.1, -0.05) is 11.6 Å². The first-order valence-corrected chi connectivity index (χ1v) is 12.6. The maximum Gasteiger partial charge on any atom is 0.416 e. The second kappa shape index (κ2) is 9.63. The van der Waals surface area contributed by atoms with Gasteiger partial charge in [-0.25, -0.2) is 13.6 Å². The monoisotopic (exact) mass is 578 g/mol. The molecule has 3 N–H and O–H groups in total. The van der Waals surface area contributed by atoms with Gasteiger partial charge < -0.3 is 20.7 Å². The summed E-state index contributed by atoms with van der Waals surface area (Å²) < 4.78 is 73.6. The van der Waals surface area contributed by atoms with Crippen molar-refractivity contribution < 1.29 is 36.3 Å². The number of halogens is 6. The Balaban J connectivity index is 1.50. The zero-order chi connectivity index (χ0) is 28.3. The first-order chi connectivity index (χ1) is 19.0. The van der Waals surface area contributed by atoms with E-state index in [0.29, 0.717) is 61.3 Å². The van der Waals surface area contributed by atoms with Crippen molar-refractivity contribution in [2.24, 2.45) is 0 Å². The minimum Gasteiger partial charge on any atom is -0.377 e. The minimum absolute atomic E-state index is 0.0321. The van der Waals surface area contributed by atoms with Gasteiger partial charge in [0.25, 0.3) is 5.91 Å². The molecule has 0 bridgehead atoms. The molecule has 1 atom stereocenters. The third-order valence-corrected chi connectivity index (χ3v) is 7.45. The number of anilines is 3. The first-order valence-electron chi connectivity index (χ1n) is 12.3.